The summed E-state index contributed by atoms with van der Waals surface area (Å²) in [4.78, 5) is 3.63. The summed E-state index contributed by atoms with van der Waals surface area (Å²) in [6.07, 6.45) is -2.59. The average molecular weight is 252 g/mol. The van der Waals surface area contributed by atoms with Gasteiger partial charge in [-0.25, -0.2) is 13.8 Å². The highest BCUT2D eigenvalue weighted by molar-refractivity contribution is 9.08. The molecule has 0 bridgehead atoms. The van der Waals surface area contributed by atoms with E-state index in [1.807, 2.05) is 0 Å². The van der Waals surface area contributed by atoms with Crippen molar-refractivity contribution in [1.29, 1.82) is 0 Å². The molecule has 0 spiro atoms. The van der Waals surface area contributed by atoms with E-state index in [0.717, 1.165) is 5.56 Å². The smallest absolute Gasteiger partial charge is 0.280 e. The van der Waals surface area contributed by atoms with Crippen LogP contribution in [0.5, 0.6) is 0 Å². The summed E-state index contributed by atoms with van der Waals surface area (Å²) in [6.45, 7) is -0.318. The van der Waals surface area contributed by atoms with E-state index in [1.54, 1.807) is 0 Å². The fraction of sp³-hybridized carbons (Fsp3) is 0.375. The van der Waals surface area contributed by atoms with Crippen LogP contribution in [0.4, 0.5) is 8.78 Å². The zero-order chi connectivity index (χ0) is 9.84. The first kappa shape index (κ1) is 10.5. The van der Waals surface area contributed by atoms with E-state index in [-0.39, 0.29) is 12.3 Å². The van der Waals surface area contributed by atoms with Crippen LogP contribution in [0.2, 0.25) is 0 Å². The molecular formula is C8H8BrF2NO. The quantitative estimate of drug-likeness (QED) is 0.838. The largest absolute Gasteiger partial charge is 0.390 e. The Morgan fingerprint density at radius 1 is 1.46 bits per heavy atom. The van der Waals surface area contributed by atoms with Gasteiger partial charge in [-0.3, -0.25) is 0 Å². The van der Waals surface area contributed by atoms with E-state index in [9.17, 15) is 8.78 Å². The minimum absolute atomic E-state index is 0.297. The molecule has 0 aliphatic rings. The number of pyridine rings is 1. The van der Waals surface area contributed by atoms with Crippen molar-refractivity contribution in [2.24, 2.45) is 0 Å². The van der Waals surface area contributed by atoms with E-state index >= 15 is 0 Å². The summed E-state index contributed by atoms with van der Waals surface area (Å²) in [7, 11) is 0. The van der Waals surface area contributed by atoms with Gasteiger partial charge in [0.05, 0.1) is 12.3 Å². The summed E-state index contributed by atoms with van der Waals surface area (Å²) in [6, 6.07) is 2.80. The zero-order valence-corrected chi connectivity index (χ0v) is 8.26. The number of aromatic nitrogens is 1. The maximum Gasteiger partial charge on any atom is 0.280 e. The van der Waals surface area contributed by atoms with Gasteiger partial charge in [-0.1, -0.05) is 22.0 Å². The third-order valence-corrected chi connectivity index (χ3v) is 2.21. The van der Waals surface area contributed by atoms with Gasteiger partial charge in [0.2, 0.25) is 0 Å². The number of aliphatic hydroxyl groups is 1. The van der Waals surface area contributed by atoms with Gasteiger partial charge in [-0.15, -0.1) is 0 Å². The maximum atomic E-state index is 12.2. The number of halogens is 3. The van der Waals surface area contributed by atoms with E-state index in [0.29, 0.717) is 11.0 Å². The van der Waals surface area contributed by atoms with Crippen LogP contribution in [-0.4, -0.2) is 10.1 Å². The first-order chi connectivity index (χ1) is 6.19. The summed E-state index contributed by atoms with van der Waals surface area (Å²) in [5, 5.41) is 9.33. The van der Waals surface area contributed by atoms with Crippen molar-refractivity contribution in [2.45, 2.75) is 18.4 Å². The van der Waals surface area contributed by atoms with Crippen molar-refractivity contribution >= 4 is 15.9 Å². The van der Waals surface area contributed by atoms with Crippen LogP contribution in [0, 0.1) is 0 Å². The van der Waals surface area contributed by atoms with E-state index < -0.39 is 6.43 Å². The molecule has 1 rings (SSSR count). The van der Waals surface area contributed by atoms with Crippen LogP contribution in [0.3, 0.4) is 0 Å². The van der Waals surface area contributed by atoms with Crippen LogP contribution in [-0.2, 0) is 11.9 Å². The molecule has 0 radical (unpaired) electrons. The lowest BCUT2D eigenvalue weighted by molar-refractivity contribution is 0.145. The normalized spacial score (nSPS) is 10.8. The van der Waals surface area contributed by atoms with Gasteiger partial charge < -0.3 is 5.11 Å². The molecule has 0 saturated carbocycles. The van der Waals surface area contributed by atoms with Crippen LogP contribution >= 0.6 is 15.9 Å². The lowest BCUT2D eigenvalue weighted by Crippen LogP contribution is -2.00. The Bertz CT molecular complexity index is 293. The monoisotopic (exact) mass is 251 g/mol. The predicted molar refractivity (Wildman–Crippen MR) is 47.7 cm³/mol. The molecule has 5 heteroatoms. The van der Waals surface area contributed by atoms with Crippen molar-refractivity contribution in [2.75, 3.05) is 0 Å². The Labute approximate surface area is 82.7 Å². The average Bonchev–Trinajstić information content (AvgIpc) is 2.16. The van der Waals surface area contributed by atoms with Gasteiger partial charge in [0.1, 0.15) is 5.69 Å². The second-order valence-corrected chi connectivity index (χ2v) is 3.00. The van der Waals surface area contributed by atoms with Gasteiger partial charge in [-0.05, 0) is 11.6 Å². The Balaban J connectivity index is 3.05. The zero-order valence-electron chi connectivity index (χ0n) is 6.67. The maximum absolute atomic E-state index is 12.2. The van der Waals surface area contributed by atoms with E-state index in [1.165, 1.54) is 12.1 Å². The fourth-order valence-electron chi connectivity index (χ4n) is 0.927. The van der Waals surface area contributed by atoms with Crippen molar-refractivity contribution in [3.05, 3.63) is 29.1 Å². The molecule has 13 heavy (non-hydrogen) atoms. The van der Waals surface area contributed by atoms with Crippen molar-refractivity contribution in [3.63, 3.8) is 0 Å². The third-order valence-electron chi connectivity index (χ3n) is 1.61. The number of hydrogen-bond donors (Lipinski definition) is 1. The lowest BCUT2D eigenvalue weighted by atomic mass is 10.2. The number of hydrogen-bond acceptors (Lipinski definition) is 2. The summed E-state index contributed by atoms with van der Waals surface area (Å²) < 4.78 is 24.3. The molecule has 2 nitrogen and oxygen atoms in total. The number of alkyl halides is 3. The van der Waals surface area contributed by atoms with Gasteiger partial charge in [0.15, 0.2) is 0 Å². The van der Waals surface area contributed by atoms with E-state index in [2.05, 4.69) is 20.9 Å². The first-order valence-electron chi connectivity index (χ1n) is 3.62. The SMILES string of the molecule is OCc1nc(C(F)F)ccc1CBr. The minimum Gasteiger partial charge on any atom is -0.390 e. The van der Waals surface area contributed by atoms with Gasteiger partial charge in [0.25, 0.3) is 6.43 Å². The number of rotatable bonds is 3. The van der Waals surface area contributed by atoms with Crippen LogP contribution in [0.25, 0.3) is 0 Å². The predicted octanol–water partition coefficient (Wildman–Crippen LogP) is 2.41. The molecule has 0 atom stereocenters. The van der Waals surface area contributed by atoms with Crippen molar-refractivity contribution < 1.29 is 13.9 Å². The topological polar surface area (TPSA) is 33.1 Å². The first-order valence-corrected chi connectivity index (χ1v) is 4.75. The van der Waals surface area contributed by atoms with Gasteiger partial charge in [-0.2, -0.15) is 0 Å². The number of nitrogens with zero attached hydrogens (tertiary/aromatic N) is 1. The summed E-state index contributed by atoms with van der Waals surface area (Å²) >= 11 is 3.17. The Morgan fingerprint density at radius 3 is 2.62 bits per heavy atom. The molecule has 0 saturated heterocycles. The van der Waals surface area contributed by atoms with Crippen LogP contribution in [0.1, 0.15) is 23.4 Å². The molecular weight excluding hydrogens is 244 g/mol. The molecule has 0 fully saturated rings. The van der Waals surface area contributed by atoms with Crippen LogP contribution in [0.15, 0.2) is 12.1 Å². The lowest BCUT2D eigenvalue weighted by Gasteiger charge is -2.05. The molecule has 1 aromatic rings. The molecule has 72 valence electrons. The van der Waals surface area contributed by atoms with E-state index in [4.69, 9.17) is 5.11 Å². The molecule has 0 amide bonds. The standard InChI is InChI=1S/C8H8BrF2NO/c9-3-5-1-2-6(8(10)11)12-7(5)4-13/h1-2,8,13H,3-4H2. The van der Waals surface area contributed by atoms with Gasteiger partial charge >= 0.3 is 0 Å². The molecule has 1 N–H and O–H groups in total. The van der Waals surface area contributed by atoms with Gasteiger partial charge in [0, 0.05) is 5.33 Å². The Kier molecular flexibility index (Phi) is 3.74. The third kappa shape index (κ3) is 2.45. The highest BCUT2D eigenvalue weighted by Gasteiger charge is 2.11. The van der Waals surface area contributed by atoms with Crippen molar-refractivity contribution in [1.82, 2.24) is 4.98 Å². The van der Waals surface area contributed by atoms with Crippen molar-refractivity contribution in [3.8, 4) is 0 Å². The molecule has 0 aromatic carbocycles. The molecule has 0 aliphatic heterocycles. The second kappa shape index (κ2) is 4.62. The minimum atomic E-state index is -2.59. The van der Waals surface area contributed by atoms with Crippen LogP contribution < -0.4 is 0 Å². The number of aliphatic hydroxyl groups excluding tert-OH is 1. The Morgan fingerprint density at radius 2 is 2.15 bits per heavy atom. The highest BCUT2D eigenvalue weighted by atomic mass is 79.9. The molecule has 0 unspecified atom stereocenters. The molecule has 0 aliphatic carbocycles. The molecule has 1 heterocycles. The summed E-state index contributed by atoms with van der Waals surface area (Å²) in [5.41, 5.74) is 0.732. The molecule has 1 aromatic heterocycles. The second-order valence-electron chi connectivity index (χ2n) is 2.43. The fourth-order valence-corrected chi connectivity index (χ4v) is 1.44. The Hall–Kier alpha value is -0.550. The highest BCUT2D eigenvalue weighted by Crippen LogP contribution is 2.19. The summed E-state index contributed by atoms with van der Waals surface area (Å²) in [5.74, 6) is 0.